The third kappa shape index (κ3) is 6.10. The molecule has 202 valence electrons. The average Bonchev–Trinajstić information content (AvgIpc) is 3.55. The van der Waals surface area contributed by atoms with Gasteiger partial charge < -0.3 is 5.32 Å². The van der Waals surface area contributed by atoms with E-state index in [1.165, 1.54) is 23.2 Å². The lowest BCUT2D eigenvalue weighted by Crippen LogP contribution is -2.55. The molecule has 0 radical (unpaired) electrons. The molecule has 9 nitrogen and oxygen atoms in total. The second-order valence-electron chi connectivity index (χ2n) is 9.21. The molecule has 14 heteroatoms. The number of hydrazine groups is 1. The standard InChI is InChI=1S/C24H23ClF3N5O4S/c1-14-12-31(14)32(38(36)37)13-21(34)33(18-7-15(11-29)6-16(26)8-18)22(19-4-2-3-5-20(19)25)23(35)30-17-9-24(27,28)10-17/h2-8,14,17,22,38H,9-10,12-13H2,1H3,(H,30,35)/t14-,22?,31?/m0/s1. The molecule has 0 spiro atoms. The highest BCUT2D eigenvalue weighted by Crippen LogP contribution is 2.39. The van der Waals surface area contributed by atoms with Crippen molar-refractivity contribution in [3.05, 3.63) is 64.4 Å². The lowest BCUT2D eigenvalue weighted by atomic mass is 9.87. The quantitative estimate of drug-likeness (QED) is 0.355. The van der Waals surface area contributed by atoms with Crippen LogP contribution < -0.4 is 10.2 Å². The van der Waals surface area contributed by atoms with Gasteiger partial charge in [-0.15, -0.1) is 4.41 Å². The fraction of sp³-hybridized carbons (Fsp3) is 0.375. The van der Waals surface area contributed by atoms with Gasteiger partial charge >= 0.3 is 0 Å². The van der Waals surface area contributed by atoms with Crippen LogP contribution in [0, 0.1) is 17.1 Å². The molecule has 4 rings (SSSR count). The van der Waals surface area contributed by atoms with Gasteiger partial charge in [-0.3, -0.25) is 14.5 Å². The Morgan fingerprint density at radius 1 is 1.26 bits per heavy atom. The predicted molar refractivity (Wildman–Crippen MR) is 132 cm³/mol. The number of amides is 2. The van der Waals surface area contributed by atoms with Crippen LogP contribution in [-0.2, 0) is 20.5 Å². The maximum absolute atomic E-state index is 14.5. The van der Waals surface area contributed by atoms with Crippen LogP contribution in [0.25, 0.3) is 0 Å². The van der Waals surface area contributed by atoms with E-state index < -0.39 is 65.9 Å². The molecule has 1 N–H and O–H groups in total. The summed E-state index contributed by atoms with van der Waals surface area (Å²) in [5.74, 6) is -5.64. The number of nitrogens with zero attached hydrogens (tertiary/aromatic N) is 4. The molecule has 2 unspecified atom stereocenters. The maximum Gasteiger partial charge on any atom is 0.252 e. The normalized spacial score (nSPS) is 20.9. The van der Waals surface area contributed by atoms with Gasteiger partial charge in [0.25, 0.3) is 5.92 Å². The minimum atomic E-state index is -3.25. The Labute approximate surface area is 223 Å². The third-order valence-corrected chi connectivity index (χ3v) is 7.38. The first-order valence-electron chi connectivity index (χ1n) is 11.5. The van der Waals surface area contributed by atoms with Crippen molar-refractivity contribution in [1.82, 2.24) is 14.7 Å². The van der Waals surface area contributed by atoms with Crippen LogP contribution in [0.5, 0.6) is 0 Å². The molecule has 0 aromatic heterocycles. The summed E-state index contributed by atoms with van der Waals surface area (Å²) in [6.07, 6.45) is -1.20. The van der Waals surface area contributed by atoms with Crippen LogP contribution >= 0.6 is 11.6 Å². The monoisotopic (exact) mass is 569 g/mol. The Kier molecular flexibility index (Phi) is 7.98. The van der Waals surface area contributed by atoms with Crippen molar-refractivity contribution in [3.63, 3.8) is 0 Å². The molecule has 2 aliphatic rings. The number of nitriles is 1. The van der Waals surface area contributed by atoms with E-state index in [-0.39, 0.29) is 27.9 Å². The van der Waals surface area contributed by atoms with Gasteiger partial charge in [-0.05, 0) is 31.2 Å². The van der Waals surface area contributed by atoms with Crippen LogP contribution in [-0.4, -0.2) is 60.8 Å². The van der Waals surface area contributed by atoms with Gasteiger partial charge in [0, 0.05) is 47.7 Å². The fourth-order valence-electron chi connectivity index (χ4n) is 4.34. The van der Waals surface area contributed by atoms with Crippen LogP contribution in [0.2, 0.25) is 5.02 Å². The second-order valence-corrected chi connectivity index (χ2v) is 10.6. The Morgan fingerprint density at radius 2 is 1.92 bits per heavy atom. The summed E-state index contributed by atoms with van der Waals surface area (Å²) < 4.78 is 66.1. The second kappa shape index (κ2) is 10.9. The number of alkyl halides is 2. The number of rotatable bonds is 9. The molecule has 38 heavy (non-hydrogen) atoms. The molecule has 2 aromatic rings. The highest BCUT2D eigenvalue weighted by Gasteiger charge is 2.47. The number of benzene rings is 2. The van der Waals surface area contributed by atoms with E-state index in [9.17, 15) is 36.4 Å². The number of nitrogens with one attached hydrogen (secondary N) is 1. The van der Waals surface area contributed by atoms with Crippen molar-refractivity contribution < 1.29 is 31.2 Å². The first kappa shape index (κ1) is 27.8. The summed E-state index contributed by atoms with van der Waals surface area (Å²) in [6.45, 7) is 1.38. The lowest BCUT2D eigenvalue weighted by molar-refractivity contribution is -0.133. The predicted octanol–water partition coefficient (Wildman–Crippen LogP) is 2.79. The van der Waals surface area contributed by atoms with Crippen LogP contribution in [0.15, 0.2) is 42.5 Å². The number of hydrogen-bond donors (Lipinski definition) is 2. The van der Waals surface area contributed by atoms with Gasteiger partial charge in [-0.1, -0.05) is 29.8 Å². The molecule has 2 fully saturated rings. The van der Waals surface area contributed by atoms with Crippen molar-refractivity contribution in [1.29, 1.82) is 5.26 Å². The average molecular weight is 570 g/mol. The number of carbonyl (C=O) groups is 2. The Morgan fingerprint density at radius 3 is 2.47 bits per heavy atom. The maximum atomic E-state index is 14.5. The molecule has 1 saturated heterocycles. The molecule has 1 aliphatic carbocycles. The number of carbonyl (C=O) groups excluding carboxylic acids is 2. The topological polar surface area (TPSA) is 114 Å². The zero-order valence-corrected chi connectivity index (χ0v) is 21.6. The fourth-order valence-corrected chi connectivity index (χ4v) is 5.25. The van der Waals surface area contributed by atoms with Gasteiger partial charge in [0.15, 0.2) is 0 Å². The van der Waals surface area contributed by atoms with E-state index in [1.54, 1.807) is 19.1 Å². The molecule has 3 atom stereocenters. The Hall–Kier alpha value is -3.18. The number of anilines is 1. The molecule has 0 bridgehead atoms. The van der Waals surface area contributed by atoms with E-state index in [2.05, 4.69) is 5.32 Å². The minimum absolute atomic E-state index is 0.0487. The van der Waals surface area contributed by atoms with Crippen molar-refractivity contribution >= 4 is 40.0 Å². The smallest absolute Gasteiger partial charge is 0.252 e. The van der Waals surface area contributed by atoms with E-state index in [0.717, 1.165) is 27.5 Å². The van der Waals surface area contributed by atoms with E-state index in [0.29, 0.717) is 6.54 Å². The van der Waals surface area contributed by atoms with Gasteiger partial charge in [0.2, 0.25) is 22.7 Å². The molecule has 1 aliphatic heterocycles. The van der Waals surface area contributed by atoms with E-state index in [1.807, 2.05) is 0 Å². The van der Waals surface area contributed by atoms with Crippen LogP contribution in [0.1, 0.15) is 36.9 Å². The Balaban J connectivity index is 1.80. The summed E-state index contributed by atoms with van der Waals surface area (Å²) in [4.78, 5) is 28.2. The largest absolute Gasteiger partial charge is 0.351 e. The summed E-state index contributed by atoms with van der Waals surface area (Å²) in [7, 11) is -3.25. The van der Waals surface area contributed by atoms with Crippen molar-refractivity contribution in [3.8, 4) is 6.07 Å². The molecule has 1 saturated carbocycles. The lowest BCUT2D eigenvalue weighted by Gasteiger charge is -2.38. The molecule has 2 amide bonds. The summed E-state index contributed by atoms with van der Waals surface area (Å²) in [6, 6.07) is 8.13. The number of halogens is 4. The third-order valence-electron chi connectivity index (χ3n) is 6.29. The highest BCUT2D eigenvalue weighted by molar-refractivity contribution is 7.69. The highest BCUT2D eigenvalue weighted by atomic mass is 35.5. The van der Waals surface area contributed by atoms with Crippen molar-refractivity contribution in [2.45, 2.75) is 43.8 Å². The number of thiol groups is 1. The summed E-state index contributed by atoms with van der Waals surface area (Å²) >= 11 is 6.37. The summed E-state index contributed by atoms with van der Waals surface area (Å²) in [5, 5.41) is 13.3. The zero-order valence-electron chi connectivity index (χ0n) is 20.0. The molecule has 1 heterocycles. The van der Waals surface area contributed by atoms with Crippen LogP contribution in [0.4, 0.5) is 18.9 Å². The van der Waals surface area contributed by atoms with Gasteiger partial charge in [-0.25, -0.2) is 26.6 Å². The van der Waals surface area contributed by atoms with Gasteiger partial charge in [-0.2, -0.15) is 5.26 Å². The van der Waals surface area contributed by atoms with E-state index in [4.69, 9.17) is 11.6 Å². The minimum Gasteiger partial charge on any atom is -0.351 e. The van der Waals surface area contributed by atoms with Gasteiger partial charge in [0.1, 0.15) is 18.4 Å². The van der Waals surface area contributed by atoms with Crippen molar-refractivity contribution in [2.24, 2.45) is 0 Å². The van der Waals surface area contributed by atoms with Crippen molar-refractivity contribution in [2.75, 3.05) is 18.0 Å². The number of hydrogen-bond acceptors (Lipinski definition) is 6. The molecular formula is C24H23ClF3N5O4S. The summed E-state index contributed by atoms with van der Waals surface area (Å²) in [5.41, 5.74) is -0.293. The zero-order chi connectivity index (χ0) is 27.8. The van der Waals surface area contributed by atoms with E-state index >= 15 is 0 Å². The Bertz CT molecular complexity index is 1370. The SMILES string of the molecule is C[C@H]1CN1N(CC(=O)N(c1cc(F)cc(C#N)c1)C(C(=O)NC1CC(F)(F)C1)c1ccccc1Cl)[SH](=O)=O. The first-order chi connectivity index (χ1) is 17.9. The molecular weight excluding hydrogens is 547 g/mol. The first-order valence-corrected chi connectivity index (χ1v) is 13.0. The molecule has 2 aromatic carbocycles. The van der Waals surface area contributed by atoms with Gasteiger partial charge in [0.05, 0.1) is 11.6 Å². The van der Waals surface area contributed by atoms with Crippen LogP contribution in [0.3, 0.4) is 0 Å².